The third-order valence-corrected chi connectivity index (χ3v) is 15.4. The molecule has 0 saturated carbocycles. The van der Waals surface area contributed by atoms with Crippen LogP contribution in [0.15, 0.2) is 84.0 Å². The van der Waals surface area contributed by atoms with Crippen molar-refractivity contribution in [2.75, 3.05) is 0 Å². The largest absolute Gasteiger partial charge is 2.00 e. The third kappa shape index (κ3) is 7.02. The summed E-state index contributed by atoms with van der Waals surface area (Å²) in [6.45, 7) is 40.8. The Hall–Kier alpha value is -4.99. The zero-order valence-corrected chi connectivity index (χ0v) is 45.3. The van der Waals surface area contributed by atoms with Crippen molar-refractivity contribution in [2.24, 2.45) is 4.99 Å². The fourth-order valence-electron chi connectivity index (χ4n) is 11.0. The SMILES string of the molecule is Cc1cc2c3cc(C(C)(C)C)cc4c3n(c2[c-]c1Oc1[c-]c(C2=N[C@]3(C)c5ccc(C(C)(C)C)cc5-c5cc(C(C)(C)C)ccc5[C@]3(C)O2)cc(C(C)(C)C)c1)-c1nccc(C)c1C4(C)C.[Pt+2]. The molecule has 5 aromatic carbocycles. The molecule has 0 amide bonds. The predicted molar refractivity (Wildman–Crippen MR) is 273 cm³/mol. The van der Waals surface area contributed by atoms with Gasteiger partial charge in [0, 0.05) is 39.8 Å². The maximum Gasteiger partial charge on any atom is 2.00 e. The molecule has 3 aliphatic rings. The van der Waals surface area contributed by atoms with Crippen LogP contribution in [-0.2, 0) is 64.0 Å². The summed E-state index contributed by atoms with van der Waals surface area (Å²) in [4.78, 5) is 10.7. The van der Waals surface area contributed by atoms with Gasteiger partial charge in [-0.1, -0.05) is 176 Å². The first-order chi connectivity index (χ1) is 30.5. The van der Waals surface area contributed by atoms with Crippen LogP contribution in [-0.4, -0.2) is 15.4 Å². The van der Waals surface area contributed by atoms with Crippen LogP contribution in [0.2, 0.25) is 0 Å². The molecule has 0 saturated heterocycles. The van der Waals surface area contributed by atoms with Gasteiger partial charge in [0.15, 0.2) is 0 Å². The molecule has 2 atom stereocenters. The van der Waals surface area contributed by atoms with Gasteiger partial charge in [-0.3, -0.25) is 4.99 Å². The molecule has 0 fully saturated rings. The zero-order valence-electron chi connectivity index (χ0n) is 43.0. The number of fused-ring (bicyclic) bond motifs is 11. The summed E-state index contributed by atoms with van der Waals surface area (Å²) < 4.78 is 16.7. The molecule has 10 rings (SSSR count). The Labute approximate surface area is 414 Å². The van der Waals surface area contributed by atoms with Crippen LogP contribution in [0.3, 0.4) is 0 Å². The van der Waals surface area contributed by atoms with E-state index in [4.69, 9.17) is 19.5 Å². The first kappa shape index (κ1) is 47.1. The Morgan fingerprint density at radius 3 is 1.79 bits per heavy atom. The van der Waals surface area contributed by atoms with Crippen molar-refractivity contribution in [3.63, 3.8) is 0 Å². The number of aryl methyl sites for hydroxylation is 2. The first-order valence-corrected chi connectivity index (χ1v) is 23.9. The van der Waals surface area contributed by atoms with Crippen molar-refractivity contribution >= 4 is 27.7 Å². The van der Waals surface area contributed by atoms with Gasteiger partial charge in [-0.05, 0) is 98.4 Å². The normalized spacial score (nSPS) is 19.5. The van der Waals surface area contributed by atoms with Crippen LogP contribution in [0.4, 0.5) is 0 Å². The standard InChI is InChI=1S/C61H67N3O2.Pt/c1-34-23-24-62-53-51(34)59(15,16)48-32-40(58(12,13)14)31-45-44-25-35(2)50(33-49(44)64(53)52(45)48)65-41-27-36(26-39(28-41)57(9,10)11)54-63-60(17)46-21-19-37(55(3,4)5)29-42(46)43-30-38(56(6,7)8)20-22-47(43)61(60,18)66-54;/h19-26,28-32H,1-18H3;/q-2;+2/t60-,61+;/m1./s1. The van der Waals surface area contributed by atoms with Crippen molar-refractivity contribution in [1.29, 1.82) is 0 Å². The van der Waals surface area contributed by atoms with Gasteiger partial charge in [0.2, 0.25) is 0 Å². The van der Waals surface area contributed by atoms with Gasteiger partial charge in [-0.25, -0.2) is 4.98 Å². The molecule has 67 heavy (non-hydrogen) atoms. The fraction of sp³-hybridized carbons (Fsp3) is 0.410. The molecule has 2 aliphatic heterocycles. The maximum atomic E-state index is 7.32. The second-order valence-corrected chi connectivity index (χ2v) is 24.6. The molecule has 0 radical (unpaired) electrons. The van der Waals surface area contributed by atoms with E-state index in [1.165, 1.54) is 61.0 Å². The van der Waals surface area contributed by atoms with Gasteiger partial charge in [0.05, 0.1) is 0 Å². The number of ether oxygens (including phenoxy) is 2. The van der Waals surface area contributed by atoms with Crippen LogP contribution in [0.5, 0.6) is 11.5 Å². The summed E-state index contributed by atoms with van der Waals surface area (Å²) >= 11 is 0. The molecule has 4 heterocycles. The van der Waals surface area contributed by atoms with Crippen molar-refractivity contribution in [1.82, 2.24) is 9.55 Å². The average molecular weight is 1070 g/mol. The minimum Gasteiger partial charge on any atom is -0.507 e. The summed E-state index contributed by atoms with van der Waals surface area (Å²) in [6, 6.07) is 35.0. The molecule has 0 bridgehead atoms. The number of nitrogens with zero attached hydrogens (tertiary/aromatic N) is 3. The monoisotopic (exact) mass is 1070 g/mol. The molecule has 7 aromatic rings. The van der Waals surface area contributed by atoms with E-state index < -0.39 is 11.1 Å². The van der Waals surface area contributed by atoms with E-state index in [-0.39, 0.29) is 48.1 Å². The summed E-state index contributed by atoms with van der Waals surface area (Å²) in [7, 11) is 0. The topological polar surface area (TPSA) is 48.6 Å². The molecular formula is C61H67N3O2Pt. The smallest absolute Gasteiger partial charge is 0.507 e. The molecule has 0 N–H and O–H groups in total. The first-order valence-electron chi connectivity index (χ1n) is 23.9. The van der Waals surface area contributed by atoms with Crippen LogP contribution in [0.25, 0.3) is 38.8 Å². The minimum absolute atomic E-state index is 0. The van der Waals surface area contributed by atoms with Crippen molar-refractivity contribution in [3.05, 3.63) is 152 Å². The Balaban J connectivity index is 0.00000562. The fourth-order valence-corrected chi connectivity index (χ4v) is 11.0. The Morgan fingerprint density at radius 2 is 1.18 bits per heavy atom. The molecule has 348 valence electrons. The molecule has 0 unspecified atom stereocenters. The van der Waals surface area contributed by atoms with E-state index in [9.17, 15) is 0 Å². The average Bonchev–Trinajstić information content (AvgIpc) is 3.69. The van der Waals surface area contributed by atoms with E-state index in [1.54, 1.807) is 0 Å². The zero-order chi connectivity index (χ0) is 47.6. The maximum absolute atomic E-state index is 7.32. The minimum atomic E-state index is -0.784. The number of hydrogen-bond acceptors (Lipinski definition) is 4. The number of aromatic nitrogens is 2. The second kappa shape index (κ2) is 14.8. The van der Waals surface area contributed by atoms with Gasteiger partial charge in [0.1, 0.15) is 22.9 Å². The van der Waals surface area contributed by atoms with Gasteiger partial charge >= 0.3 is 21.1 Å². The van der Waals surface area contributed by atoms with Crippen molar-refractivity contribution in [3.8, 4) is 28.4 Å². The van der Waals surface area contributed by atoms with Crippen molar-refractivity contribution < 1.29 is 30.5 Å². The summed E-state index contributed by atoms with van der Waals surface area (Å²) in [5, 5.41) is 2.36. The third-order valence-electron chi connectivity index (χ3n) is 15.4. The Morgan fingerprint density at radius 1 is 0.597 bits per heavy atom. The molecule has 2 aromatic heterocycles. The number of benzene rings is 5. The Bertz CT molecular complexity index is 3270. The predicted octanol–water partition coefficient (Wildman–Crippen LogP) is 15.6. The van der Waals surface area contributed by atoms with Gasteiger partial charge < -0.3 is 14.0 Å². The number of aliphatic imine (C=N–C) groups is 1. The van der Waals surface area contributed by atoms with Gasteiger partial charge in [-0.15, -0.1) is 28.6 Å². The van der Waals surface area contributed by atoms with Crippen LogP contribution in [0, 0.1) is 26.0 Å². The van der Waals surface area contributed by atoms with E-state index in [1.807, 2.05) is 6.20 Å². The van der Waals surface area contributed by atoms with E-state index in [0.717, 1.165) is 39.0 Å². The van der Waals surface area contributed by atoms with E-state index >= 15 is 0 Å². The Kier molecular flexibility index (Phi) is 10.4. The van der Waals surface area contributed by atoms with E-state index in [2.05, 4.69) is 214 Å². The van der Waals surface area contributed by atoms with Crippen molar-refractivity contribution in [2.45, 2.75) is 163 Å². The number of hydrogen-bond donors (Lipinski definition) is 0. The molecule has 1 aliphatic carbocycles. The summed E-state index contributed by atoms with van der Waals surface area (Å²) in [5.41, 5.74) is 15.4. The van der Waals surface area contributed by atoms with Crippen LogP contribution < -0.4 is 4.74 Å². The van der Waals surface area contributed by atoms with Gasteiger partial charge in [0.25, 0.3) is 0 Å². The quantitative estimate of drug-likeness (QED) is 0.166. The second-order valence-electron chi connectivity index (χ2n) is 24.6. The molecule has 0 spiro atoms. The summed E-state index contributed by atoms with van der Waals surface area (Å²) in [6.07, 6.45) is 1.94. The number of pyridine rings is 1. The molecular weight excluding hydrogens is 1000 g/mol. The number of rotatable bonds is 3. The molecule has 6 heteroatoms. The molecule has 5 nitrogen and oxygen atoms in total. The van der Waals surface area contributed by atoms with E-state index in [0.29, 0.717) is 17.4 Å². The van der Waals surface area contributed by atoms with Crippen LogP contribution >= 0.6 is 0 Å². The van der Waals surface area contributed by atoms with Crippen LogP contribution in [0.1, 0.15) is 172 Å². The van der Waals surface area contributed by atoms with Gasteiger partial charge in [-0.2, -0.15) is 6.07 Å². The summed E-state index contributed by atoms with van der Waals surface area (Å²) in [5.74, 6) is 2.77.